The van der Waals surface area contributed by atoms with Gasteiger partial charge in [-0.15, -0.1) is 13.2 Å². The number of rotatable bonds is 5. The van der Waals surface area contributed by atoms with Crippen LogP contribution in [0, 0.1) is 5.82 Å². The minimum Gasteiger partial charge on any atom is -0.406 e. The normalized spacial score (nSPS) is 14.7. The van der Waals surface area contributed by atoms with Crippen LogP contribution < -0.4 is 9.46 Å². The zero-order valence-electron chi connectivity index (χ0n) is 14.3. The molecule has 0 aliphatic rings. The largest absolute Gasteiger partial charge is 0.573 e. The molecule has 2 rings (SSSR count). The van der Waals surface area contributed by atoms with Gasteiger partial charge in [0.1, 0.15) is 11.6 Å². The quantitative estimate of drug-likeness (QED) is 0.776. The molecular weight excluding hydrogens is 372 g/mol. The first-order valence-electron chi connectivity index (χ1n) is 7.61. The molecule has 0 amide bonds. The van der Waals surface area contributed by atoms with E-state index in [1.807, 2.05) is 0 Å². The molecule has 0 aliphatic carbocycles. The predicted octanol–water partition coefficient (Wildman–Crippen LogP) is 4.26. The molecule has 0 saturated carbocycles. The van der Waals surface area contributed by atoms with Gasteiger partial charge in [-0.25, -0.2) is 13.3 Å². The van der Waals surface area contributed by atoms with Crippen LogP contribution in [0.4, 0.5) is 17.6 Å². The van der Waals surface area contributed by atoms with E-state index in [0.29, 0.717) is 5.56 Å². The van der Waals surface area contributed by atoms with E-state index in [0.717, 1.165) is 12.1 Å². The molecule has 4 nitrogen and oxygen atoms in total. The van der Waals surface area contributed by atoms with E-state index in [4.69, 9.17) is 0 Å². The van der Waals surface area contributed by atoms with Crippen LogP contribution in [0.5, 0.6) is 5.75 Å². The number of nitrogens with one attached hydrogen (secondary N) is 1. The second-order valence-corrected chi connectivity index (χ2v) is 8.42. The summed E-state index contributed by atoms with van der Waals surface area (Å²) in [6.07, 6.45) is -3.42. The third kappa shape index (κ3) is 5.50. The highest BCUT2D eigenvalue weighted by molar-refractivity contribution is 7.84. The summed E-state index contributed by atoms with van der Waals surface area (Å²) >= 11 is 0. The number of nitrogens with zero attached hydrogens (tertiary/aromatic N) is 1. The molecule has 1 aromatic carbocycles. The molecule has 2 atom stereocenters. The fraction of sp³-hybridized carbons (Fsp3) is 0.353. The molecule has 9 heteroatoms. The van der Waals surface area contributed by atoms with E-state index >= 15 is 0 Å². The summed E-state index contributed by atoms with van der Waals surface area (Å²) in [6.45, 7) is 5.21. The number of hydrogen-bond donors (Lipinski definition) is 1. The maximum atomic E-state index is 14.2. The number of alkyl halides is 3. The molecule has 2 aromatic rings. The first kappa shape index (κ1) is 20.3. The summed E-state index contributed by atoms with van der Waals surface area (Å²) < 4.78 is 69.5. The average Bonchev–Trinajstić information content (AvgIpc) is 2.52. The van der Waals surface area contributed by atoms with Crippen molar-refractivity contribution in [3.8, 4) is 5.75 Å². The topological polar surface area (TPSA) is 51.2 Å². The molecule has 1 N–H and O–H groups in total. The number of hydrogen-bond acceptors (Lipinski definition) is 3. The number of ether oxygens (including phenoxy) is 1. The summed E-state index contributed by atoms with van der Waals surface area (Å²) in [7, 11) is -1.57. The third-order valence-corrected chi connectivity index (χ3v) is 4.85. The zero-order chi connectivity index (χ0) is 19.5. The van der Waals surface area contributed by atoms with Gasteiger partial charge in [-0.3, -0.25) is 4.98 Å². The van der Waals surface area contributed by atoms with Crippen LogP contribution in [0.25, 0.3) is 0 Å². The van der Waals surface area contributed by atoms with Gasteiger partial charge in [0.05, 0.1) is 27.5 Å². The smallest absolute Gasteiger partial charge is 0.406 e. The van der Waals surface area contributed by atoms with Crippen molar-refractivity contribution in [1.82, 2.24) is 9.71 Å². The van der Waals surface area contributed by atoms with Crippen molar-refractivity contribution >= 4 is 11.0 Å². The Morgan fingerprint density at radius 2 is 1.73 bits per heavy atom. The van der Waals surface area contributed by atoms with Crippen LogP contribution in [0.15, 0.2) is 42.6 Å². The first-order valence-corrected chi connectivity index (χ1v) is 8.76. The second-order valence-electron chi connectivity index (χ2n) is 6.42. The third-order valence-electron chi connectivity index (χ3n) is 3.29. The highest BCUT2D eigenvalue weighted by Crippen LogP contribution is 2.28. The number of pyridine rings is 1. The van der Waals surface area contributed by atoms with Crippen molar-refractivity contribution < 1.29 is 26.5 Å². The summed E-state index contributed by atoms with van der Waals surface area (Å²) in [5.74, 6) is -1.02. The van der Waals surface area contributed by atoms with Crippen LogP contribution in [-0.4, -0.2) is 20.3 Å². The van der Waals surface area contributed by atoms with Crippen molar-refractivity contribution in [2.24, 2.45) is 0 Å². The fourth-order valence-electron chi connectivity index (χ4n) is 2.04. The van der Waals surface area contributed by atoms with Crippen molar-refractivity contribution in [3.05, 3.63) is 59.7 Å². The van der Waals surface area contributed by atoms with E-state index in [2.05, 4.69) is 14.4 Å². The van der Waals surface area contributed by atoms with Gasteiger partial charge >= 0.3 is 6.36 Å². The maximum Gasteiger partial charge on any atom is 0.573 e. The molecule has 0 radical (unpaired) electrons. The lowest BCUT2D eigenvalue weighted by molar-refractivity contribution is -0.274. The average molecular weight is 390 g/mol. The van der Waals surface area contributed by atoms with Crippen molar-refractivity contribution in [1.29, 1.82) is 0 Å². The molecule has 1 aromatic heterocycles. The van der Waals surface area contributed by atoms with E-state index in [-0.39, 0.29) is 5.69 Å². The lowest BCUT2D eigenvalue weighted by Crippen LogP contribution is -2.36. The summed E-state index contributed by atoms with van der Waals surface area (Å²) in [5.41, 5.74) is 0.393. The summed E-state index contributed by atoms with van der Waals surface area (Å²) in [6, 6.07) is 6.61. The Morgan fingerprint density at radius 1 is 1.12 bits per heavy atom. The maximum absolute atomic E-state index is 14.2. The van der Waals surface area contributed by atoms with Gasteiger partial charge in [-0.2, -0.15) is 0 Å². The molecule has 0 bridgehead atoms. The van der Waals surface area contributed by atoms with Gasteiger partial charge < -0.3 is 4.74 Å². The van der Waals surface area contributed by atoms with Gasteiger partial charge in [-0.05, 0) is 50.6 Å². The summed E-state index contributed by atoms with van der Waals surface area (Å²) in [4.78, 5) is 3.99. The number of halogens is 4. The molecule has 0 aliphatic heterocycles. The molecular formula is C17H18F4N2O2S. The molecule has 142 valence electrons. The van der Waals surface area contributed by atoms with E-state index in [1.165, 1.54) is 30.5 Å². The Bertz CT molecular complexity index is 774. The minimum absolute atomic E-state index is 0.00501. The Kier molecular flexibility index (Phi) is 6.02. The van der Waals surface area contributed by atoms with Crippen molar-refractivity contribution in [2.45, 2.75) is 37.9 Å². The highest BCUT2D eigenvalue weighted by Gasteiger charge is 2.31. The Balaban J connectivity index is 2.38. The molecule has 1 heterocycles. The van der Waals surface area contributed by atoms with Gasteiger partial charge in [0.25, 0.3) is 0 Å². The molecule has 0 fully saturated rings. The fourth-order valence-corrected chi connectivity index (χ4v) is 2.85. The Hall–Kier alpha value is -2.00. The van der Waals surface area contributed by atoms with Gasteiger partial charge in [0.15, 0.2) is 0 Å². The van der Waals surface area contributed by atoms with Crippen molar-refractivity contribution in [2.75, 3.05) is 0 Å². The Morgan fingerprint density at radius 3 is 2.23 bits per heavy atom. The van der Waals surface area contributed by atoms with Crippen LogP contribution >= 0.6 is 0 Å². The molecule has 0 spiro atoms. The summed E-state index contributed by atoms with van der Waals surface area (Å²) in [5, 5.41) is 0. The minimum atomic E-state index is -4.81. The highest BCUT2D eigenvalue weighted by atomic mass is 32.2. The standard InChI is InChI=1S/C17H18F4N2O2S/c1-16(2,3)26(24)23-14(15-13(18)5-4-10-22-15)11-6-8-12(9-7-11)25-17(19,20)21/h4-10,14,23H,1-3H3. The van der Waals surface area contributed by atoms with Gasteiger partial charge in [0, 0.05) is 6.20 Å². The number of benzene rings is 1. The van der Waals surface area contributed by atoms with Gasteiger partial charge in [0.2, 0.25) is 0 Å². The van der Waals surface area contributed by atoms with Gasteiger partial charge in [-0.1, -0.05) is 12.1 Å². The second kappa shape index (κ2) is 7.71. The van der Waals surface area contributed by atoms with Crippen LogP contribution in [0.2, 0.25) is 0 Å². The van der Waals surface area contributed by atoms with Crippen LogP contribution in [0.1, 0.15) is 38.1 Å². The van der Waals surface area contributed by atoms with Crippen molar-refractivity contribution in [3.63, 3.8) is 0 Å². The van der Waals surface area contributed by atoms with E-state index in [9.17, 15) is 21.8 Å². The molecule has 2 unspecified atom stereocenters. The molecule has 26 heavy (non-hydrogen) atoms. The SMILES string of the molecule is CC(C)(C)S(=O)NC(c1ccc(OC(F)(F)F)cc1)c1ncccc1F. The van der Waals surface area contributed by atoms with Crippen LogP contribution in [-0.2, 0) is 11.0 Å². The van der Waals surface area contributed by atoms with E-state index in [1.54, 1.807) is 20.8 Å². The predicted molar refractivity (Wildman–Crippen MR) is 90.2 cm³/mol. The first-order chi connectivity index (χ1) is 12.0. The number of aromatic nitrogens is 1. The van der Waals surface area contributed by atoms with E-state index < -0.39 is 39.7 Å². The molecule has 0 saturated heterocycles. The van der Waals surface area contributed by atoms with Crippen LogP contribution in [0.3, 0.4) is 0 Å². The lowest BCUT2D eigenvalue weighted by Gasteiger charge is -2.24. The zero-order valence-corrected chi connectivity index (χ0v) is 15.1. The lowest BCUT2D eigenvalue weighted by atomic mass is 10.0. The monoisotopic (exact) mass is 390 g/mol. The Labute approximate surface area is 151 Å².